The van der Waals surface area contributed by atoms with Gasteiger partial charge in [-0.25, -0.2) is 4.98 Å². The van der Waals surface area contributed by atoms with Crippen LogP contribution < -0.4 is 11.1 Å². The van der Waals surface area contributed by atoms with Gasteiger partial charge >= 0.3 is 0 Å². The summed E-state index contributed by atoms with van der Waals surface area (Å²) in [5, 5.41) is 19.7. The van der Waals surface area contributed by atoms with Gasteiger partial charge in [-0.15, -0.1) is 10.2 Å². The highest BCUT2D eigenvalue weighted by atomic mass is 15.2. The number of pyridine rings is 1. The lowest BCUT2D eigenvalue weighted by Gasteiger charge is -2.06. The third-order valence-electron chi connectivity index (χ3n) is 2.49. The van der Waals surface area contributed by atoms with E-state index < -0.39 is 0 Å². The zero-order chi connectivity index (χ0) is 13.0. The second-order valence-electron chi connectivity index (χ2n) is 3.78. The van der Waals surface area contributed by atoms with Gasteiger partial charge in [0.15, 0.2) is 5.69 Å². The summed E-state index contributed by atoms with van der Waals surface area (Å²) in [5.41, 5.74) is 6.21. The van der Waals surface area contributed by atoms with Crippen LogP contribution in [0.1, 0.15) is 11.5 Å². The Balaban J connectivity index is 1.95. The van der Waals surface area contributed by atoms with E-state index >= 15 is 0 Å². The second kappa shape index (κ2) is 5.14. The van der Waals surface area contributed by atoms with Crippen molar-refractivity contribution < 1.29 is 0 Å². The van der Waals surface area contributed by atoms with Gasteiger partial charge in [0.1, 0.15) is 24.0 Å². The quantitative estimate of drug-likeness (QED) is 0.801. The van der Waals surface area contributed by atoms with Gasteiger partial charge in [0, 0.05) is 20.0 Å². The van der Waals surface area contributed by atoms with Crippen molar-refractivity contribution >= 4 is 11.5 Å². The minimum atomic E-state index is 0.235. The second-order valence-corrected chi connectivity index (χ2v) is 3.78. The van der Waals surface area contributed by atoms with Crippen molar-refractivity contribution in [3.05, 3.63) is 30.0 Å². The summed E-state index contributed by atoms with van der Waals surface area (Å²) in [6.45, 7) is 0.661. The standard InChI is InChI=1S/C11H13N7/c1-18-7-15-17-11(18)4-5-14-10-3-2-8(13)9(6-12)16-10/h2-3,7H,4-5,13H2,1H3,(H,14,16). The summed E-state index contributed by atoms with van der Waals surface area (Å²) >= 11 is 0. The first-order chi connectivity index (χ1) is 8.70. The average molecular weight is 243 g/mol. The van der Waals surface area contributed by atoms with Crippen molar-refractivity contribution in [1.82, 2.24) is 19.7 Å². The maximum Gasteiger partial charge on any atom is 0.165 e. The lowest BCUT2D eigenvalue weighted by Crippen LogP contribution is -2.10. The first-order valence-electron chi connectivity index (χ1n) is 5.44. The molecule has 0 aliphatic carbocycles. The number of hydrogen-bond donors (Lipinski definition) is 2. The van der Waals surface area contributed by atoms with Crippen molar-refractivity contribution in [2.75, 3.05) is 17.6 Å². The summed E-state index contributed by atoms with van der Waals surface area (Å²) in [7, 11) is 1.89. The maximum atomic E-state index is 8.81. The fraction of sp³-hybridized carbons (Fsp3) is 0.273. The van der Waals surface area contributed by atoms with Crippen molar-refractivity contribution in [1.29, 1.82) is 5.26 Å². The average Bonchev–Trinajstić information content (AvgIpc) is 2.77. The normalized spacial score (nSPS) is 10.0. The van der Waals surface area contributed by atoms with E-state index in [0.717, 1.165) is 12.2 Å². The minimum absolute atomic E-state index is 0.235. The zero-order valence-corrected chi connectivity index (χ0v) is 9.96. The molecule has 0 amide bonds. The van der Waals surface area contributed by atoms with Crippen LogP contribution in [0.5, 0.6) is 0 Å². The molecule has 2 rings (SSSR count). The zero-order valence-electron chi connectivity index (χ0n) is 9.96. The number of nitrogens with zero attached hydrogens (tertiary/aromatic N) is 5. The van der Waals surface area contributed by atoms with Gasteiger partial charge in [-0.05, 0) is 12.1 Å². The molecule has 0 unspecified atom stereocenters. The van der Waals surface area contributed by atoms with Gasteiger partial charge in [0.2, 0.25) is 0 Å². The number of aromatic nitrogens is 4. The van der Waals surface area contributed by atoms with Crippen LogP contribution in [0.4, 0.5) is 11.5 Å². The molecule has 7 nitrogen and oxygen atoms in total. The molecule has 0 fully saturated rings. The van der Waals surface area contributed by atoms with Crippen LogP contribution in [0.15, 0.2) is 18.5 Å². The number of anilines is 2. The molecule has 92 valence electrons. The van der Waals surface area contributed by atoms with Crippen LogP contribution in [-0.2, 0) is 13.5 Å². The third kappa shape index (κ3) is 2.55. The fourth-order valence-electron chi connectivity index (χ4n) is 1.49. The number of aryl methyl sites for hydroxylation is 1. The lowest BCUT2D eigenvalue weighted by atomic mass is 10.3. The summed E-state index contributed by atoms with van der Waals surface area (Å²) in [6, 6.07) is 5.35. The number of nitrogen functional groups attached to an aromatic ring is 1. The molecule has 0 saturated heterocycles. The fourth-order valence-corrected chi connectivity index (χ4v) is 1.49. The molecule has 0 atom stereocenters. The van der Waals surface area contributed by atoms with Gasteiger partial charge in [0.25, 0.3) is 0 Å². The highest BCUT2D eigenvalue weighted by molar-refractivity contribution is 5.54. The molecule has 7 heteroatoms. The molecule has 0 bridgehead atoms. The van der Waals surface area contributed by atoms with Crippen LogP contribution in [0, 0.1) is 11.3 Å². The van der Waals surface area contributed by atoms with E-state index in [-0.39, 0.29) is 5.69 Å². The van der Waals surface area contributed by atoms with Gasteiger partial charge < -0.3 is 15.6 Å². The first-order valence-corrected chi connectivity index (χ1v) is 5.44. The molecule has 0 aliphatic heterocycles. The molecule has 2 aromatic rings. The van der Waals surface area contributed by atoms with Crippen molar-refractivity contribution in [2.45, 2.75) is 6.42 Å². The molecule has 18 heavy (non-hydrogen) atoms. The van der Waals surface area contributed by atoms with Crippen molar-refractivity contribution in [3.63, 3.8) is 0 Å². The number of nitriles is 1. The van der Waals surface area contributed by atoms with E-state index in [0.29, 0.717) is 18.1 Å². The lowest BCUT2D eigenvalue weighted by molar-refractivity contribution is 0.787. The monoisotopic (exact) mass is 243 g/mol. The van der Waals surface area contributed by atoms with E-state index in [1.807, 2.05) is 17.7 Å². The molecule has 0 aromatic carbocycles. The van der Waals surface area contributed by atoms with Crippen LogP contribution in [0.25, 0.3) is 0 Å². The van der Waals surface area contributed by atoms with Crippen molar-refractivity contribution in [2.24, 2.45) is 7.05 Å². The largest absolute Gasteiger partial charge is 0.396 e. The Morgan fingerprint density at radius 2 is 2.33 bits per heavy atom. The molecule has 2 heterocycles. The number of nitrogens with two attached hydrogens (primary N) is 1. The van der Waals surface area contributed by atoms with Gasteiger partial charge in [-0.2, -0.15) is 5.26 Å². The maximum absolute atomic E-state index is 8.81. The predicted octanol–water partition coefficient (Wildman–Crippen LogP) is 0.319. The summed E-state index contributed by atoms with van der Waals surface area (Å²) in [5.74, 6) is 1.52. The van der Waals surface area contributed by atoms with Crippen LogP contribution in [-0.4, -0.2) is 26.3 Å². The van der Waals surface area contributed by atoms with Crippen molar-refractivity contribution in [3.8, 4) is 6.07 Å². The van der Waals surface area contributed by atoms with E-state index in [9.17, 15) is 0 Å². The van der Waals surface area contributed by atoms with E-state index in [1.165, 1.54) is 0 Å². The SMILES string of the molecule is Cn1cnnc1CCNc1ccc(N)c(C#N)n1. The first kappa shape index (κ1) is 11.9. The highest BCUT2D eigenvalue weighted by Gasteiger charge is 2.03. The van der Waals surface area contributed by atoms with Crippen LogP contribution in [0.2, 0.25) is 0 Å². The third-order valence-corrected chi connectivity index (χ3v) is 2.49. The molecule has 3 N–H and O–H groups in total. The molecular formula is C11H13N7. The summed E-state index contributed by atoms with van der Waals surface area (Å²) in [6.07, 6.45) is 2.38. The Morgan fingerprint density at radius 1 is 1.50 bits per heavy atom. The predicted molar refractivity (Wildman–Crippen MR) is 66.6 cm³/mol. The Hall–Kier alpha value is -2.62. The molecule has 2 aromatic heterocycles. The minimum Gasteiger partial charge on any atom is -0.396 e. The van der Waals surface area contributed by atoms with Crippen LogP contribution >= 0.6 is 0 Å². The van der Waals surface area contributed by atoms with Crippen LogP contribution in [0.3, 0.4) is 0 Å². The van der Waals surface area contributed by atoms with E-state index in [1.54, 1.807) is 18.5 Å². The Labute approximate surface area is 104 Å². The molecule has 0 aliphatic rings. The number of nitrogens with one attached hydrogen (secondary N) is 1. The molecular weight excluding hydrogens is 230 g/mol. The smallest absolute Gasteiger partial charge is 0.165 e. The molecule has 0 saturated carbocycles. The molecule has 0 spiro atoms. The summed E-state index contributed by atoms with van der Waals surface area (Å²) < 4.78 is 1.86. The van der Waals surface area contributed by atoms with Gasteiger partial charge in [0.05, 0.1) is 5.69 Å². The molecule has 0 radical (unpaired) electrons. The Bertz CT molecular complexity index is 581. The Kier molecular flexibility index (Phi) is 3.38. The highest BCUT2D eigenvalue weighted by Crippen LogP contribution is 2.11. The summed E-state index contributed by atoms with van der Waals surface area (Å²) in [4.78, 5) is 4.09. The van der Waals surface area contributed by atoms with Gasteiger partial charge in [-0.3, -0.25) is 0 Å². The van der Waals surface area contributed by atoms with E-state index in [2.05, 4.69) is 20.5 Å². The van der Waals surface area contributed by atoms with Gasteiger partial charge in [-0.1, -0.05) is 0 Å². The number of hydrogen-bond acceptors (Lipinski definition) is 6. The topological polar surface area (TPSA) is 105 Å². The number of rotatable bonds is 4. The Morgan fingerprint density at radius 3 is 3.00 bits per heavy atom. The van der Waals surface area contributed by atoms with E-state index in [4.69, 9.17) is 11.0 Å².